The van der Waals surface area contributed by atoms with Crippen LogP contribution < -0.4 is 10.3 Å². The normalized spacial score (nSPS) is 28.8. The van der Waals surface area contributed by atoms with E-state index in [1.165, 1.54) is 5.57 Å². The van der Waals surface area contributed by atoms with Gasteiger partial charge in [0.15, 0.2) is 6.04 Å². The minimum atomic E-state index is 0.343. The van der Waals surface area contributed by atoms with Crippen molar-refractivity contribution in [3.63, 3.8) is 0 Å². The Hall–Kier alpha value is -1.05. The highest BCUT2D eigenvalue weighted by Gasteiger charge is 2.20. The van der Waals surface area contributed by atoms with E-state index in [4.69, 9.17) is 0 Å². The maximum absolute atomic E-state index is 4.26. The van der Waals surface area contributed by atoms with Gasteiger partial charge < -0.3 is 0 Å². The first-order chi connectivity index (χ1) is 4.97. The van der Waals surface area contributed by atoms with E-state index in [1.807, 2.05) is 0 Å². The summed E-state index contributed by atoms with van der Waals surface area (Å²) in [7, 11) is 0. The standard InChI is InChI=1S/C8H10N2/c1-2-4-8-7(3-1)5-9-6-10-8/h2-4,6,8-9H,1,5H2/q+1. The van der Waals surface area contributed by atoms with Crippen LogP contribution in [0.1, 0.15) is 6.42 Å². The topological polar surface area (TPSA) is 26.1 Å². The molecule has 2 nitrogen and oxygen atoms in total. The van der Waals surface area contributed by atoms with Crippen LogP contribution in [0.3, 0.4) is 0 Å². The zero-order valence-electron chi connectivity index (χ0n) is 5.75. The van der Waals surface area contributed by atoms with Crippen LogP contribution in [0.4, 0.5) is 0 Å². The molecule has 0 aromatic rings. The van der Waals surface area contributed by atoms with Gasteiger partial charge in [0.1, 0.15) is 6.54 Å². The molecule has 1 radical (unpaired) electrons. The Morgan fingerprint density at radius 1 is 1.60 bits per heavy atom. The Labute approximate surface area is 60.3 Å². The van der Waals surface area contributed by atoms with Crippen LogP contribution in [0.5, 0.6) is 0 Å². The average molecular weight is 134 g/mol. The van der Waals surface area contributed by atoms with E-state index in [9.17, 15) is 0 Å². The van der Waals surface area contributed by atoms with Gasteiger partial charge in [0.2, 0.25) is 0 Å². The van der Waals surface area contributed by atoms with Crippen LogP contribution in [-0.4, -0.2) is 18.9 Å². The van der Waals surface area contributed by atoms with Crippen LogP contribution in [0.25, 0.3) is 0 Å². The Morgan fingerprint density at radius 2 is 2.60 bits per heavy atom. The molecule has 51 valence electrons. The molecule has 0 amide bonds. The molecule has 1 aliphatic carbocycles. The fourth-order valence-electron chi connectivity index (χ4n) is 1.29. The Bertz CT molecular complexity index is 213. The number of fused-ring (bicyclic) bond motifs is 1. The minimum absolute atomic E-state index is 0.343. The van der Waals surface area contributed by atoms with E-state index in [0.717, 1.165) is 13.0 Å². The van der Waals surface area contributed by atoms with Crippen molar-refractivity contribution in [2.75, 3.05) is 6.54 Å². The van der Waals surface area contributed by atoms with E-state index in [-0.39, 0.29) is 0 Å². The predicted molar refractivity (Wildman–Crippen MR) is 41.8 cm³/mol. The third kappa shape index (κ3) is 0.856. The van der Waals surface area contributed by atoms with Gasteiger partial charge >= 0.3 is 0 Å². The van der Waals surface area contributed by atoms with E-state index in [1.54, 1.807) is 6.34 Å². The third-order valence-corrected chi connectivity index (χ3v) is 1.85. The van der Waals surface area contributed by atoms with Crippen molar-refractivity contribution in [3.8, 4) is 0 Å². The van der Waals surface area contributed by atoms with Gasteiger partial charge in [0.25, 0.3) is 6.34 Å². The van der Waals surface area contributed by atoms with Crippen LogP contribution >= 0.6 is 0 Å². The monoisotopic (exact) mass is 134 g/mol. The molecule has 0 saturated carbocycles. The lowest BCUT2D eigenvalue weighted by Crippen LogP contribution is -2.34. The van der Waals surface area contributed by atoms with E-state index in [2.05, 4.69) is 28.5 Å². The van der Waals surface area contributed by atoms with Crippen LogP contribution in [0.15, 0.2) is 23.8 Å². The first-order valence-corrected chi connectivity index (χ1v) is 3.57. The van der Waals surface area contributed by atoms with Crippen molar-refractivity contribution in [3.05, 3.63) is 23.8 Å². The zero-order chi connectivity index (χ0) is 6.81. The molecule has 0 aromatic heterocycles. The second-order valence-corrected chi connectivity index (χ2v) is 2.55. The molecule has 10 heavy (non-hydrogen) atoms. The van der Waals surface area contributed by atoms with Gasteiger partial charge in [-0.1, -0.05) is 17.1 Å². The predicted octanol–water partition coefficient (Wildman–Crippen LogP) is 0.209. The van der Waals surface area contributed by atoms with Crippen molar-refractivity contribution < 1.29 is 0 Å². The average Bonchev–Trinajstić information content (AvgIpc) is 2.05. The highest BCUT2D eigenvalue weighted by molar-refractivity contribution is 5.57. The largest absolute Gasteiger partial charge is 0.274 e. The molecule has 1 atom stereocenters. The maximum atomic E-state index is 4.26. The molecular weight excluding hydrogens is 124 g/mol. The van der Waals surface area contributed by atoms with Crippen molar-refractivity contribution >= 4 is 6.34 Å². The van der Waals surface area contributed by atoms with Gasteiger partial charge in [0, 0.05) is 5.57 Å². The van der Waals surface area contributed by atoms with Gasteiger partial charge in [-0.3, -0.25) is 5.32 Å². The highest BCUT2D eigenvalue weighted by atomic mass is 15.0. The number of nitrogens with one attached hydrogen (secondary N) is 1. The summed E-state index contributed by atoms with van der Waals surface area (Å²) in [5.74, 6) is 0. The molecule has 0 aromatic carbocycles. The summed E-state index contributed by atoms with van der Waals surface area (Å²) >= 11 is 0. The van der Waals surface area contributed by atoms with Crippen molar-refractivity contribution in [1.82, 2.24) is 10.3 Å². The van der Waals surface area contributed by atoms with Crippen molar-refractivity contribution in [2.24, 2.45) is 0 Å². The SMILES string of the molecule is C1=CC2[N+]=CNCC2=CC1. The van der Waals surface area contributed by atoms with E-state index >= 15 is 0 Å². The van der Waals surface area contributed by atoms with E-state index < -0.39 is 0 Å². The molecule has 0 fully saturated rings. The minimum Gasteiger partial charge on any atom is -0.274 e. The molecule has 0 spiro atoms. The smallest absolute Gasteiger partial charge is 0.274 e. The zero-order valence-corrected chi connectivity index (χ0v) is 5.75. The number of aliphatic imine (C=N–C) groups is 1. The molecule has 1 aliphatic heterocycles. The number of allylic oxidation sites excluding steroid dienone is 2. The van der Waals surface area contributed by atoms with Gasteiger partial charge in [-0.25, -0.2) is 0 Å². The molecule has 1 unspecified atom stereocenters. The highest BCUT2D eigenvalue weighted by Crippen LogP contribution is 2.11. The van der Waals surface area contributed by atoms with E-state index in [0.29, 0.717) is 6.04 Å². The summed E-state index contributed by atoms with van der Waals surface area (Å²) in [6.45, 7) is 0.971. The molecule has 1 N–H and O–H groups in total. The number of rotatable bonds is 0. The van der Waals surface area contributed by atoms with Crippen LogP contribution in [0, 0.1) is 0 Å². The Kier molecular flexibility index (Phi) is 1.31. The summed E-state index contributed by atoms with van der Waals surface area (Å²) in [6.07, 6.45) is 9.43. The Balaban J connectivity index is 2.26. The molecule has 0 saturated heterocycles. The molecule has 2 aliphatic rings. The molecule has 2 rings (SSSR count). The summed E-state index contributed by atoms with van der Waals surface area (Å²) in [5, 5.41) is 3.09. The van der Waals surface area contributed by atoms with Gasteiger partial charge in [-0.2, -0.15) is 0 Å². The van der Waals surface area contributed by atoms with Crippen molar-refractivity contribution in [2.45, 2.75) is 12.5 Å². The third-order valence-electron chi connectivity index (χ3n) is 1.85. The molecule has 0 bridgehead atoms. The lowest BCUT2D eigenvalue weighted by molar-refractivity contribution is 0.751. The maximum Gasteiger partial charge on any atom is 0.274 e. The first kappa shape index (κ1) is 5.71. The second kappa shape index (κ2) is 2.29. The number of nitrogens with zero attached hydrogens (tertiary/aromatic N) is 1. The fourth-order valence-corrected chi connectivity index (χ4v) is 1.29. The lowest BCUT2D eigenvalue weighted by atomic mass is 10.0. The lowest BCUT2D eigenvalue weighted by Gasteiger charge is -2.12. The molecule has 2 heteroatoms. The molecular formula is C8H10N2+. The summed E-state index contributed by atoms with van der Waals surface area (Å²) in [6, 6.07) is 0.343. The summed E-state index contributed by atoms with van der Waals surface area (Å²) in [5.41, 5.74) is 1.41. The van der Waals surface area contributed by atoms with Crippen LogP contribution in [-0.2, 0) is 0 Å². The van der Waals surface area contributed by atoms with Gasteiger partial charge in [-0.05, 0) is 12.5 Å². The second-order valence-electron chi connectivity index (χ2n) is 2.55. The van der Waals surface area contributed by atoms with Crippen molar-refractivity contribution in [1.29, 1.82) is 0 Å². The molecule has 1 heterocycles. The summed E-state index contributed by atoms with van der Waals surface area (Å²) < 4.78 is 0. The quantitative estimate of drug-likeness (QED) is 0.471. The first-order valence-electron chi connectivity index (χ1n) is 3.57. The Morgan fingerprint density at radius 3 is 3.50 bits per heavy atom. The number of hydrogen-bond donors (Lipinski definition) is 1. The number of hydrogen-bond acceptors (Lipinski definition) is 2. The van der Waals surface area contributed by atoms with Crippen LogP contribution in [0.2, 0.25) is 0 Å². The van der Waals surface area contributed by atoms with Gasteiger partial charge in [-0.15, -0.1) is 0 Å². The fraction of sp³-hybridized carbons (Fsp3) is 0.375. The summed E-state index contributed by atoms with van der Waals surface area (Å²) in [4.78, 5) is 4.26. The van der Waals surface area contributed by atoms with Gasteiger partial charge in [0.05, 0.1) is 0 Å².